The van der Waals surface area contributed by atoms with Crippen molar-refractivity contribution in [2.75, 3.05) is 16.0 Å². The average molecular weight is 340 g/mol. The van der Waals surface area contributed by atoms with E-state index in [0.717, 1.165) is 0 Å². The first-order chi connectivity index (χ1) is 11.9. The van der Waals surface area contributed by atoms with E-state index < -0.39 is 12.0 Å². The summed E-state index contributed by atoms with van der Waals surface area (Å²) in [5.41, 5.74) is 1.12. The van der Waals surface area contributed by atoms with Gasteiger partial charge in [0.1, 0.15) is 17.3 Å². The van der Waals surface area contributed by atoms with Crippen molar-refractivity contribution in [2.24, 2.45) is 0 Å². The van der Waals surface area contributed by atoms with E-state index >= 15 is 0 Å². The maximum absolute atomic E-state index is 12.3. The van der Waals surface area contributed by atoms with Gasteiger partial charge in [0, 0.05) is 12.6 Å². The van der Waals surface area contributed by atoms with Gasteiger partial charge in [0.15, 0.2) is 6.10 Å². The Morgan fingerprint density at radius 3 is 2.76 bits per heavy atom. The van der Waals surface area contributed by atoms with Gasteiger partial charge in [-0.15, -0.1) is 0 Å². The van der Waals surface area contributed by atoms with Crippen LogP contribution in [0.4, 0.5) is 17.2 Å². The van der Waals surface area contributed by atoms with Crippen molar-refractivity contribution in [1.29, 1.82) is 0 Å². The molecule has 2 aromatic rings. The molecule has 1 aromatic heterocycles. The second-order valence-corrected chi connectivity index (χ2v) is 5.50. The number of benzene rings is 1. The molecule has 0 radical (unpaired) electrons. The highest BCUT2D eigenvalue weighted by molar-refractivity contribution is 6.04. The number of carbonyl (C=O) groups is 3. The van der Waals surface area contributed by atoms with E-state index in [0.29, 0.717) is 22.9 Å². The van der Waals surface area contributed by atoms with Crippen LogP contribution in [-0.2, 0) is 9.59 Å². The van der Waals surface area contributed by atoms with Crippen molar-refractivity contribution >= 4 is 34.9 Å². The first-order valence-electron chi connectivity index (χ1n) is 7.60. The second-order valence-electron chi connectivity index (χ2n) is 5.50. The van der Waals surface area contributed by atoms with Gasteiger partial charge in [0.2, 0.25) is 5.91 Å². The predicted octanol–water partition coefficient (Wildman–Crippen LogP) is 2.01. The van der Waals surface area contributed by atoms with Crippen molar-refractivity contribution < 1.29 is 19.1 Å². The molecular formula is C17H16N4O4. The molecule has 128 valence electrons. The van der Waals surface area contributed by atoms with Crippen LogP contribution in [0.5, 0.6) is 5.75 Å². The monoisotopic (exact) mass is 340 g/mol. The summed E-state index contributed by atoms with van der Waals surface area (Å²) in [7, 11) is 0. The molecule has 0 bridgehead atoms. The van der Waals surface area contributed by atoms with Crippen LogP contribution >= 0.6 is 0 Å². The molecule has 0 saturated carbocycles. The number of hydrogen-bond donors (Lipinski definition) is 3. The van der Waals surface area contributed by atoms with Crippen LogP contribution in [0.3, 0.4) is 0 Å². The molecule has 0 spiro atoms. The average Bonchev–Trinajstić information content (AvgIpc) is 2.56. The smallest absolute Gasteiger partial charge is 0.274 e. The van der Waals surface area contributed by atoms with Crippen molar-refractivity contribution in [3.63, 3.8) is 0 Å². The van der Waals surface area contributed by atoms with Crippen molar-refractivity contribution in [3.05, 3.63) is 42.1 Å². The zero-order chi connectivity index (χ0) is 18.0. The fourth-order valence-electron chi connectivity index (χ4n) is 2.29. The highest BCUT2D eigenvalue weighted by Crippen LogP contribution is 2.32. The minimum absolute atomic E-state index is 0.151. The number of carbonyl (C=O) groups excluding carboxylic acids is 3. The Balaban J connectivity index is 1.76. The van der Waals surface area contributed by atoms with Gasteiger partial charge in [0.05, 0.1) is 5.69 Å². The van der Waals surface area contributed by atoms with Crippen LogP contribution in [0.1, 0.15) is 24.3 Å². The van der Waals surface area contributed by atoms with E-state index in [9.17, 15) is 14.4 Å². The molecule has 3 amide bonds. The molecule has 0 aliphatic carbocycles. The molecule has 2 heterocycles. The number of fused-ring (bicyclic) bond motifs is 1. The van der Waals surface area contributed by atoms with Gasteiger partial charge in [-0.1, -0.05) is 6.07 Å². The Labute approximate surface area is 143 Å². The third-order valence-corrected chi connectivity index (χ3v) is 3.45. The second kappa shape index (κ2) is 6.60. The van der Waals surface area contributed by atoms with E-state index in [1.54, 1.807) is 37.3 Å². The third-order valence-electron chi connectivity index (χ3n) is 3.45. The van der Waals surface area contributed by atoms with Gasteiger partial charge >= 0.3 is 0 Å². The SMILES string of the molecule is CC(=O)Nc1cccc(C(=O)Nc2ccc3c(c2)NC(=O)[C@@H](C)O3)n1. The Kier molecular flexibility index (Phi) is 4.34. The van der Waals surface area contributed by atoms with Gasteiger partial charge in [-0.25, -0.2) is 4.98 Å². The Bertz CT molecular complexity index is 865. The van der Waals surface area contributed by atoms with Crippen LogP contribution in [0, 0.1) is 0 Å². The molecule has 1 aromatic carbocycles. The molecule has 3 rings (SSSR count). The molecule has 0 fully saturated rings. The van der Waals surface area contributed by atoms with Crippen LogP contribution < -0.4 is 20.7 Å². The zero-order valence-electron chi connectivity index (χ0n) is 13.6. The molecule has 1 aliphatic rings. The van der Waals surface area contributed by atoms with Crippen molar-refractivity contribution in [2.45, 2.75) is 20.0 Å². The number of aromatic nitrogens is 1. The van der Waals surface area contributed by atoms with E-state index in [-0.39, 0.29) is 17.5 Å². The third kappa shape index (κ3) is 3.74. The maximum Gasteiger partial charge on any atom is 0.274 e. The summed E-state index contributed by atoms with van der Waals surface area (Å²) in [5.74, 6) is -0.134. The summed E-state index contributed by atoms with van der Waals surface area (Å²) in [5, 5.41) is 7.93. The topological polar surface area (TPSA) is 109 Å². The number of ether oxygens (including phenoxy) is 1. The summed E-state index contributed by atoms with van der Waals surface area (Å²) in [6.07, 6.45) is -0.561. The molecule has 1 atom stereocenters. The van der Waals surface area contributed by atoms with Crippen LogP contribution in [0.2, 0.25) is 0 Å². The first kappa shape index (κ1) is 16.4. The molecule has 8 nitrogen and oxygen atoms in total. The van der Waals surface area contributed by atoms with Gasteiger partial charge in [-0.05, 0) is 37.3 Å². The molecule has 0 unspecified atom stereocenters. The minimum atomic E-state index is -0.561. The molecular weight excluding hydrogens is 324 g/mol. The highest BCUT2D eigenvalue weighted by Gasteiger charge is 2.23. The number of pyridine rings is 1. The Morgan fingerprint density at radius 2 is 2.00 bits per heavy atom. The Hall–Kier alpha value is -3.42. The largest absolute Gasteiger partial charge is 0.479 e. The van der Waals surface area contributed by atoms with E-state index in [1.807, 2.05) is 0 Å². The highest BCUT2D eigenvalue weighted by atomic mass is 16.5. The number of anilines is 3. The van der Waals surface area contributed by atoms with Crippen LogP contribution in [0.25, 0.3) is 0 Å². The molecule has 1 aliphatic heterocycles. The lowest BCUT2D eigenvalue weighted by molar-refractivity contribution is -0.122. The first-order valence-corrected chi connectivity index (χ1v) is 7.60. The molecule has 0 saturated heterocycles. The van der Waals surface area contributed by atoms with Crippen molar-refractivity contribution in [3.8, 4) is 5.75 Å². The normalized spacial score (nSPS) is 15.4. The fourth-order valence-corrected chi connectivity index (χ4v) is 2.29. The molecule has 8 heteroatoms. The molecule has 3 N–H and O–H groups in total. The Morgan fingerprint density at radius 1 is 1.20 bits per heavy atom. The number of nitrogens with one attached hydrogen (secondary N) is 3. The van der Waals surface area contributed by atoms with Gasteiger partial charge in [0.25, 0.3) is 11.8 Å². The summed E-state index contributed by atoms with van der Waals surface area (Å²) in [6, 6.07) is 9.68. The zero-order valence-corrected chi connectivity index (χ0v) is 13.6. The van der Waals surface area contributed by atoms with Crippen LogP contribution in [-0.4, -0.2) is 28.8 Å². The quantitative estimate of drug-likeness (QED) is 0.792. The summed E-state index contributed by atoms with van der Waals surface area (Å²) < 4.78 is 5.46. The lowest BCUT2D eigenvalue weighted by Gasteiger charge is -2.23. The number of hydrogen-bond acceptors (Lipinski definition) is 5. The lowest BCUT2D eigenvalue weighted by atomic mass is 10.2. The standard InChI is InChI=1S/C17H16N4O4/c1-9-16(23)21-13-8-11(6-7-14(13)25-9)19-17(24)12-4-3-5-15(20-12)18-10(2)22/h3-9H,1-2H3,(H,19,24)(H,21,23)(H,18,20,22)/t9-/m1/s1. The van der Waals surface area contributed by atoms with Crippen LogP contribution in [0.15, 0.2) is 36.4 Å². The summed E-state index contributed by atoms with van der Waals surface area (Å²) >= 11 is 0. The minimum Gasteiger partial charge on any atom is -0.479 e. The van der Waals surface area contributed by atoms with Gasteiger partial charge in [-0.3, -0.25) is 14.4 Å². The number of nitrogens with zero attached hydrogens (tertiary/aromatic N) is 1. The number of amides is 3. The van der Waals surface area contributed by atoms with E-state index in [1.165, 1.54) is 13.0 Å². The van der Waals surface area contributed by atoms with E-state index in [2.05, 4.69) is 20.9 Å². The van der Waals surface area contributed by atoms with Gasteiger partial charge in [-0.2, -0.15) is 0 Å². The maximum atomic E-state index is 12.3. The van der Waals surface area contributed by atoms with E-state index in [4.69, 9.17) is 4.74 Å². The summed E-state index contributed by atoms with van der Waals surface area (Å²) in [4.78, 5) is 39.2. The lowest BCUT2D eigenvalue weighted by Crippen LogP contribution is -2.34. The fraction of sp³-hybridized carbons (Fsp3) is 0.176. The predicted molar refractivity (Wildman–Crippen MR) is 91.7 cm³/mol. The van der Waals surface area contributed by atoms with Crippen molar-refractivity contribution in [1.82, 2.24) is 4.98 Å². The molecule has 25 heavy (non-hydrogen) atoms. The van der Waals surface area contributed by atoms with Gasteiger partial charge < -0.3 is 20.7 Å². The summed E-state index contributed by atoms with van der Waals surface area (Å²) in [6.45, 7) is 3.01. The number of rotatable bonds is 3.